The Kier molecular flexibility index (Phi) is 9.40. The van der Waals surface area contributed by atoms with Crippen molar-refractivity contribution in [2.45, 2.75) is 101 Å². The third-order valence-corrected chi connectivity index (χ3v) is 8.96. The van der Waals surface area contributed by atoms with Gasteiger partial charge in [-0.25, -0.2) is 9.59 Å². The van der Waals surface area contributed by atoms with Crippen LogP contribution in [-0.2, 0) is 37.0 Å². The first-order valence-electron chi connectivity index (χ1n) is 15.3. The molecular weight excluding hydrogens is 597 g/mol. The van der Waals surface area contributed by atoms with Gasteiger partial charge in [0.15, 0.2) is 0 Å². The first-order chi connectivity index (χ1) is 21.4. The molecule has 2 fully saturated rings. The molecule has 11 nitrogen and oxygen atoms in total. The predicted molar refractivity (Wildman–Crippen MR) is 152 cm³/mol. The van der Waals surface area contributed by atoms with Crippen molar-refractivity contribution in [2.75, 3.05) is 6.54 Å². The maximum atomic E-state index is 13.9. The van der Waals surface area contributed by atoms with Crippen LogP contribution in [0.2, 0.25) is 0 Å². The normalized spacial score (nSPS) is 28.6. The number of amides is 4. The fourth-order valence-corrected chi connectivity index (χ4v) is 6.35. The van der Waals surface area contributed by atoms with Crippen LogP contribution in [0.4, 0.5) is 18.0 Å². The van der Waals surface area contributed by atoms with Crippen molar-refractivity contribution < 1.29 is 47.0 Å². The zero-order valence-electron chi connectivity index (χ0n) is 24.7. The third kappa shape index (κ3) is 7.59. The number of benzene rings is 1. The molecule has 4 amide bonds. The molecule has 0 bridgehead atoms. The van der Waals surface area contributed by atoms with E-state index in [0.717, 1.165) is 16.0 Å². The fraction of sp³-hybridized carbons (Fsp3) is 0.581. The van der Waals surface area contributed by atoms with Crippen molar-refractivity contribution in [3.05, 3.63) is 47.5 Å². The standard InChI is InChI=1S/C31H37F3N4O7/c32-31(33,34)13-12-25(39)35-23-11-5-3-1-2-4-10-21-15-30(21,28(42)43)36-26(40)24-14-22(18-38(24)27(23)41)45-29(44)37-16-19-8-6-7-9-20(19)17-37/h4,6-10,21-24H,1-3,5,11-18H2,(H,35,39)(H,36,40)(H,42,43)/t21-,22-,23+,24+,30-/m1/s1. The third-order valence-electron chi connectivity index (χ3n) is 8.96. The molecule has 3 heterocycles. The van der Waals surface area contributed by atoms with Gasteiger partial charge in [0.05, 0.1) is 13.0 Å². The zero-order valence-corrected chi connectivity index (χ0v) is 24.7. The zero-order chi connectivity index (χ0) is 32.4. The van der Waals surface area contributed by atoms with Crippen LogP contribution in [0.15, 0.2) is 36.4 Å². The van der Waals surface area contributed by atoms with E-state index in [1.54, 1.807) is 6.08 Å². The smallest absolute Gasteiger partial charge is 0.410 e. The number of rotatable bonds is 5. The summed E-state index contributed by atoms with van der Waals surface area (Å²) >= 11 is 0. The summed E-state index contributed by atoms with van der Waals surface area (Å²) in [4.78, 5) is 68.1. The molecule has 1 aliphatic carbocycles. The van der Waals surface area contributed by atoms with Gasteiger partial charge in [-0.2, -0.15) is 13.2 Å². The second-order valence-electron chi connectivity index (χ2n) is 12.3. The van der Waals surface area contributed by atoms with Crippen LogP contribution in [-0.4, -0.2) is 81.1 Å². The molecule has 0 radical (unpaired) electrons. The maximum Gasteiger partial charge on any atom is 0.410 e. The lowest BCUT2D eigenvalue weighted by Crippen LogP contribution is -2.56. The summed E-state index contributed by atoms with van der Waals surface area (Å²) in [5, 5.41) is 15.0. The molecule has 0 spiro atoms. The van der Waals surface area contributed by atoms with Gasteiger partial charge in [-0.1, -0.05) is 49.3 Å². The van der Waals surface area contributed by atoms with Crippen molar-refractivity contribution in [2.24, 2.45) is 5.92 Å². The van der Waals surface area contributed by atoms with Crippen molar-refractivity contribution in [3.8, 4) is 0 Å². The minimum Gasteiger partial charge on any atom is -0.479 e. The number of halogens is 3. The summed E-state index contributed by atoms with van der Waals surface area (Å²) in [5.74, 6) is -4.04. The number of alkyl halides is 3. The molecule has 0 unspecified atom stereocenters. The fourth-order valence-electron chi connectivity index (χ4n) is 6.35. The van der Waals surface area contributed by atoms with Crippen LogP contribution >= 0.6 is 0 Å². The van der Waals surface area contributed by atoms with Crippen molar-refractivity contribution in [1.82, 2.24) is 20.4 Å². The lowest BCUT2D eigenvalue weighted by Gasteiger charge is -2.29. The van der Waals surface area contributed by atoms with Crippen molar-refractivity contribution >= 4 is 29.8 Å². The summed E-state index contributed by atoms with van der Waals surface area (Å²) in [6, 6.07) is 5.09. The highest BCUT2D eigenvalue weighted by atomic mass is 19.4. The molecule has 1 saturated carbocycles. The van der Waals surface area contributed by atoms with Gasteiger partial charge in [-0.05, 0) is 36.8 Å². The quantitative estimate of drug-likeness (QED) is 0.421. The van der Waals surface area contributed by atoms with E-state index in [1.165, 1.54) is 4.90 Å². The molecule has 5 atom stereocenters. The number of carbonyl (C=O) groups is 5. The number of carboxylic acids is 1. The lowest BCUT2D eigenvalue weighted by atomic mass is 10.0. The van der Waals surface area contributed by atoms with E-state index in [1.807, 2.05) is 30.3 Å². The van der Waals surface area contributed by atoms with E-state index in [-0.39, 0.29) is 25.8 Å². The lowest BCUT2D eigenvalue weighted by molar-refractivity contribution is -0.147. The summed E-state index contributed by atoms with van der Waals surface area (Å²) in [6.07, 6.45) is -2.02. The molecule has 3 N–H and O–H groups in total. The Morgan fingerprint density at radius 3 is 2.47 bits per heavy atom. The maximum absolute atomic E-state index is 13.9. The van der Waals surface area contributed by atoms with Crippen LogP contribution in [0.3, 0.4) is 0 Å². The van der Waals surface area contributed by atoms with Crippen LogP contribution in [0.5, 0.6) is 0 Å². The largest absolute Gasteiger partial charge is 0.479 e. The molecule has 1 aromatic rings. The first kappa shape index (κ1) is 32.3. The van der Waals surface area contributed by atoms with Gasteiger partial charge in [-0.3, -0.25) is 19.3 Å². The molecule has 1 saturated heterocycles. The summed E-state index contributed by atoms with van der Waals surface area (Å²) in [5.41, 5.74) is 0.405. The van der Waals surface area contributed by atoms with Crippen LogP contribution < -0.4 is 10.6 Å². The molecule has 1 aromatic carbocycles. The number of hydrogen-bond donors (Lipinski definition) is 3. The topological polar surface area (TPSA) is 145 Å². The highest BCUT2D eigenvalue weighted by Gasteiger charge is 2.61. The average molecular weight is 635 g/mol. The molecule has 14 heteroatoms. The Labute approximate surface area is 258 Å². The van der Waals surface area contributed by atoms with Gasteiger partial charge in [0, 0.05) is 31.8 Å². The van der Waals surface area contributed by atoms with Gasteiger partial charge in [-0.15, -0.1) is 0 Å². The number of ether oxygens (including phenoxy) is 1. The minimum atomic E-state index is -4.55. The first-order valence-corrected chi connectivity index (χ1v) is 15.3. The number of fused-ring (bicyclic) bond motifs is 3. The van der Waals surface area contributed by atoms with Gasteiger partial charge >= 0.3 is 18.2 Å². The Morgan fingerprint density at radius 2 is 1.80 bits per heavy atom. The van der Waals surface area contributed by atoms with E-state index < -0.39 is 78.4 Å². The Balaban J connectivity index is 1.35. The van der Waals surface area contributed by atoms with Crippen molar-refractivity contribution in [1.29, 1.82) is 0 Å². The van der Waals surface area contributed by atoms with Gasteiger partial charge in [0.25, 0.3) is 0 Å². The van der Waals surface area contributed by atoms with Gasteiger partial charge in [0.1, 0.15) is 23.7 Å². The number of carbonyl (C=O) groups excluding carboxylic acids is 4. The Morgan fingerprint density at radius 1 is 1.09 bits per heavy atom. The van der Waals surface area contributed by atoms with E-state index >= 15 is 0 Å². The number of hydrogen-bond acceptors (Lipinski definition) is 6. The molecular formula is C31H37F3N4O7. The predicted octanol–water partition coefficient (Wildman–Crippen LogP) is 3.42. The molecule has 5 rings (SSSR count). The van der Waals surface area contributed by atoms with Gasteiger partial charge < -0.3 is 25.4 Å². The minimum absolute atomic E-state index is 0.116. The Hall–Kier alpha value is -4.10. The number of nitrogens with zero attached hydrogens (tertiary/aromatic N) is 2. The number of allylic oxidation sites excluding steroid dienone is 1. The number of aliphatic carboxylic acids is 1. The van der Waals surface area contributed by atoms with Crippen LogP contribution in [0.1, 0.15) is 68.9 Å². The van der Waals surface area contributed by atoms with Crippen LogP contribution in [0.25, 0.3) is 0 Å². The van der Waals surface area contributed by atoms with E-state index in [4.69, 9.17) is 4.74 Å². The second kappa shape index (κ2) is 13.1. The van der Waals surface area contributed by atoms with Crippen LogP contribution in [0, 0.1) is 5.92 Å². The summed E-state index contributed by atoms with van der Waals surface area (Å²) in [7, 11) is 0. The average Bonchev–Trinajstić information content (AvgIpc) is 3.30. The molecule has 45 heavy (non-hydrogen) atoms. The second-order valence-corrected chi connectivity index (χ2v) is 12.3. The molecule has 0 aromatic heterocycles. The van der Waals surface area contributed by atoms with Crippen molar-refractivity contribution in [3.63, 3.8) is 0 Å². The molecule has 3 aliphatic heterocycles. The monoisotopic (exact) mass is 634 g/mol. The van der Waals surface area contributed by atoms with Gasteiger partial charge in [0.2, 0.25) is 17.7 Å². The number of nitrogens with one attached hydrogen (secondary N) is 2. The van der Waals surface area contributed by atoms with E-state index in [0.29, 0.717) is 38.8 Å². The summed E-state index contributed by atoms with van der Waals surface area (Å²) < 4.78 is 44.0. The SMILES string of the molecule is O=C(CCC(F)(F)F)N[C@H]1CCCCCC=C[C@@H]2C[C@@]2(C(=O)O)NC(=O)[C@@H]2C[C@@H](OC(=O)N3Cc4ccccc4C3)CN2C1=O. The molecule has 244 valence electrons. The highest BCUT2D eigenvalue weighted by molar-refractivity contribution is 5.96. The Bertz CT molecular complexity index is 1340. The highest BCUT2D eigenvalue weighted by Crippen LogP contribution is 2.45. The van der Waals surface area contributed by atoms with E-state index in [2.05, 4.69) is 10.6 Å². The van der Waals surface area contributed by atoms with E-state index in [9.17, 15) is 42.3 Å². The molecule has 4 aliphatic rings. The summed E-state index contributed by atoms with van der Waals surface area (Å²) in [6.45, 7) is 0.453. The number of carboxylic acid groups (broad SMARTS) is 1.